The Morgan fingerprint density at radius 3 is 2.75 bits per heavy atom. The van der Waals surface area contributed by atoms with E-state index in [0.717, 1.165) is 37.2 Å². The molecule has 2 aliphatic heterocycles. The molecule has 0 bridgehead atoms. The molecule has 2 N–H and O–H groups in total. The molecule has 1 aromatic rings. The maximum Gasteiger partial charge on any atom is 0.270 e. The third-order valence-electron chi connectivity index (χ3n) is 5.84. The summed E-state index contributed by atoms with van der Waals surface area (Å²) in [5.74, 6) is 0.796. The van der Waals surface area contributed by atoms with Crippen LogP contribution < -0.4 is 14.5 Å². The van der Waals surface area contributed by atoms with Gasteiger partial charge in [0.15, 0.2) is 0 Å². The Kier molecular flexibility index (Phi) is 3.81. The van der Waals surface area contributed by atoms with Gasteiger partial charge in [0.25, 0.3) is 11.4 Å². The predicted octanol–water partition coefficient (Wildman–Crippen LogP) is 0.0541. The number of nitrogens with one attached hydrogen (secondary N) is 2. The van der Waals surface area contributed by atoms with Crippen LogP contribution in [-0.4, -0.2) is 43.9 Å². The highest BCUT2D eigenvalue weighted by molar-refractivity contribution is 5.66. The summed E-state index contributed by atoms with van der Waals surface area (Å²) in [5.41, 5.74) is 2.07. The molecule has 2 fully saturated rings. The van der Waals surface area contributed by atoms with Crippen LogP contribution in [-0.2, 0) is 0 Å². The lowest BCUT2D eigenvalue weighted by Gasteiger charge is -2.47. The Bertz CT molecular complexity index is 695. The summed E-state index contributed by atoms with van der Waals surface area (Å²) in [6.45, 7) is 4.57. The van der Waals surface area contributed by atoms with Gasteiger partial charge in [-0.05, 0) is 31.4 Å². The molecular weight excluding hydrogens is 306 g/mol. The van der Waals surface area contributed by atoms with Crippen LogP contribution in [0.4, 0.5) is 5.69 Å². The number of nitrogens with zero attached hydrogens (tertiary/aromatic N) is 1. The predicted molar refractivity (Wildman–Crippen MR) is 90.2 cm³/mol. The molecule has 0 aromatic heterocycles. The molecule has 3 aliphatic rings. The standard InChI is InChI=1S/C18H23N3O3/c1-19-8-10-20(11-9-19)18-7-3-2-4-15(18)12-14-13-16(21(22)23)5-6-17(14)24-18/h5-6,12-13H,2-4,7-11H2,1H3/p+2/t18-/m0/s1. The molecule has 1 aliphatic carbocycles. The van der Waals surface area contributed by atoms with Gasteiger partial charge >= 0.3 is 0 Å². The van der Waals surface area contributed by atoms with Crippen molar-refractivity contribution in [2.75, 3.05) is 33.2 Å². The highest BCUT2D eigenvalue weighted by Gasteiger charge is 2.51. The zero-order valence-electron chi connectivity index (χ0n) is 14.1. The second kappa shape index (κ2) is 5.86. The lowest BCUT2D eigenvalue weighted by molar-refractivity contribution is -1.04. The van der Waals surface area contributed by atoms with Crippen LogP contribution in [0.15, 0.2) is 23.8 Å². The number of piperazine rings is 1. The molecule has 0 spiro atoms. The van der Waals surface area contributed by atoms with E-state index in [1.807, 2.05) is 0 Å². The van der Waals surface area contributed by atoms with Crippen molar-refractivity contribution in [1.82, 2.24) is 0 Å². The lowest BCUT2D eigenvalue weighted by Crippen LogP contribution is -3.31. The van der Waals surface area contributed by atoms with Crippen molar-refractivity contribution in [2.24, 2.45) is 0 Å². The van der Waals surface area contributed by atoms with Crippen LogP contribution in [0.3, 0.4) is 0 Å². The quantitative estimate of drug-likeness (QED) is 0.595. The van der Waals surface area contributed by atoms with Gasteiger partial charge in [-0.15, -0.1) is 0 Å². The van der Waals surface area contributed by atoms with Crippen LogP contribution in [0.2, 0.25) is 0 Å². The van der Waals surface area contributed by atoms with Crippen molar-refractivity contribution in [3.05, 3.63) is 39.4 Å². The number of nitro groups is 1. The Labute approximate surface area is 141 Å². The zero-order chi connectivity index (χ0) is 16.7. The normalized spacial score (nSPS) is 32.1. The number of hydrogen-bond donors (Lipinski definition) is 2. The van der Waals surface area contributed by atoms with Gasteiger partial charge in [-0.1, -0.05) is 0 Å². The minimum Gasteiger partial charge on any atom is -0.436 e. The number of nitro benzene ring substituents is 1. The number of fused-ring (bicyclic) bond motifs is 2. The fraction of sp³-hybridized carbons (Fsp3) is 0.556. The summed E-state index contributed by atoms with van der Waals surface area (Å²) < 4.78 is 6.60. The van der Waals surface area contributed by atoms with E-state index >= 15 is 0 Å². The fourth-order valence-corrected chi connectivity index (χ4v) is 4.45. The highest BCUT2D eigenvalue weighted by Crippen LogP contribution is 2.41. The Morgan fingerprint density at radius 2 is 2.00 bits per heavy atom. The van der Waals surface area contributed by atoms with Gasteiger partial charge in [0, 0.05) is 29.7 Å². The molecule has 0 unspecified atom stereocenters. The van der Waals surface area contributed by atoms with Crippen molar-refractivity contribution in [1.29, 1.82) is 0 Å². The largest absolute Gasteiger partial charge is 0.436 e. The number of rotatable bonds is 2. The summed E-state index contributed by atoms with van der Waals surface area (Å²) in [6.07, 6.45) is 6.62. The zero-order valence-corrected chi connectivity index (χ0v) is 14.1. The van der Waals surface area contributed by atoms with Crippen molar-refractivity contribution >= 4 is 11.8 Å². The molecular formula is C18H25N3O3+2. The molecule has 0 amide bonds. The van der Waals surface area contributed by atoms with E-state index in [0.29, 0.717) is 0 Å². The second-order valence-electron chi connectivity index (χ2n) is 7.35. The molecule has 6 nitrogen and oxygen atoms in total. The van der Waals surface area contributed by atoms with Gasteiger partial charge in [-0.25, -0.2) is 0 Å². The summed E-state index contributed by atoms with van der Waals surface area (Å²) in [4.78, 5) is 13.8. The monoisotopic (exact) mass is 331 g/mol. The minimum absolute atomic E-state index is 0.132. The molecule has 1 saturated carbocycles. The van der Waals surface area contributed by atoms with Gasteiger partial charge in [-0.2, -0.15) is 0 Å². The summed E-state index contributed by atoms with van der Waals surface area (Å²) in [7, 11) is 2.25. The Morgan fingerprint density at radius 1 is 1.21 bits per heavy atom. The maximum atomic E-state index is 11.0. The SMILES string of the molecule is C[NH+]1CC[NH+]([C@]23CCCCC2=Cc2cc([N+](=O)[O-])ccc2O3)CC1. The molecule has 6 heteroatoms. The third-order valence-corrected chi connectivity index (χ3v) is 5.84. The molecule has 2 heterocycles. The van der Waals surface area contributed by atoms with E-state index in [9.17, 15) is 10.1 Å². The number of benzene rings is 1. The summed E-state index contributed by atoms with van der Waals surface area (Å²) in [6, 6.07) is 4.97. The first kappa shape index (κ1) is 15.6. The van der Waals surface area contributed by atoms with Gasteiger partial charge in [-0.3, -0.25) is 15.0 Å². The van der Waals surface area contributed by atoms with E-state index in [2.05, 4.69) is 13.1 Å². The third kappa shape index (κ3) is 2.50. The average Bonchev–Trinajstić information content (AvgIpc) is 2.59. The van der Waals surface area contributed by atoms with Gasteiger partial charge in [0.1, 0.15) is 31.9 Å². The first-order valence-corrected chi connectivity index (χ1v) is 8.93. The highest BCUT2D eigenvalue weighted by atomic mass is 16.6. The number of non-ortho nitro benzene ring substituents is 1. The van der Waals surface area contributed by atoms with Crippen LogP contribution in [0.1, 0.15) is 31.2 Å². The molecule has 1 atom stereocenters. The molecule has 1 saturated heterocycles. The minimum atomic E-state index is -0.337. The summed E-state index contributed by atoms with van der Waals surface area (Å²) >= 11 is 0. The van der Waals surface area contributed by atoms with Crippen molar-refractivity contribution in [3.63, 3.8) is 0 Å². The molecule has 24 heavy (non-hydrogen) atoms. The van der Waals surface area contributed by atoms with E-state index in [-0.39, 0.29) is 16.3 Å². The summed E-state index contributed by atoms with van der Waals surface area (Å²) in [5, 5.41) is 11.0. The van der Waals surface area contributed by atoms with Gasteiger partial charge < -0.3 is 9.64 Å². The van der Waals surface area contributed by atoms with E-state index in [1.165, 1.54) is 36.4 Å². The van der Waals surface area contributed by atoms with Crippen molar-refractivity contribution in [3.8, 4) is 5.75 Å². The smallest absolute Gasteiger partial charge is 0.270 e. The second-order valence-corrected chi connectivity index (χ2v) is 7.35. The van der Waals surface area contributed by atoms with E-state index in [4.69, 9.17) is 4.74 Å². The number of likely N-dealkylation sites (N-methyl/N-ethyl adjacent to an activating group) is 1. The Hall–Kier alpha value is -1.92. The molecule has 1 aromatic carbocycles. The molecule has 0 radical (unpaired) electrons. The van der Waals surface area contributed by atoms with E-state index in [1.54, 1.807) is 23.1 Å². The van der Waals surface area contributed by atoms with Crippen LogP contribution in [0, 0.1) is 10.1 Å². The fourth-order valence-electron chi connectivity index (χ4n) is 4.45. The van der Waals surface area contributed by atoms with Crippen molar-refractivity contribution < 1.29 is 19.5 Å². The Balaban J connectivity index is 1.72. The maximum absolute atomic E-state index is 11.0. The van der Waals surface area contributed by atoms with Crippen LogP contribution in [0.25, 0.3) is 6.08 Å². The number of ether oxygens (including phenoxy) is 1. The van der Waals surface area contributed by atoms with Crippen molar-refractivity contribution in [2.45, 2.75) is 31.4 Å². The molecule has 4 rings (SSSR count). The van der Waals surface area contributed by atoms with Crippen LogP contribution in [0.5, 0.6) is 5.75 Å². The molecule has 128 valence electrons. The average molecular weight is 331 g/mol. The first-order chi connectivity index (χ1) is 11.6. The topological polar surface area (TPSA) is 61.2 Å². The van der Waals surface area contributed by atoms with E-state index < -0.39 is 0 Å². The number of hydrogen-bond acceptors (Lipinski definition) is 3. The van der Waals surface area contributed by atoms with Gasteiger partial charge in [0.05, 0.1) is 12.0 Å². The lowest BCUT2D eigenvalue weighted by atomic mass is 9.82. The first-order valence-electron chi connectivity index (χ1n) is 8.93. The number of quaternary nitrogens is 2. The van der Waals surface area contributed by atoms with Gasteiger partial charge in [0.2, 0.25) is 0 Å². The van der Waals surface area contributed by atoms with Crippen LogP contribution >= 0.6 is 0 Å².